The van der Waals surface area contributed by atoms with Gasteiger partial charge in [0.1, 0.15) is 11.5 Å². The Bertz CT molecular complexity index is 449. The Morgan fingerprint density at radius 3 is 1.39 bits per heavy atom. The summed E-state index contributed by atoms with van der Waals surface area (Å²) in [5.41, 5.74) is 2.20. The van der Waals surface area contributed by atoms with Crippen molar-refractivity contribution in [1.29, 1.82) is 0 Å². The average Bonchev–Trinajstić information content (AvgIpc) is 2.35. The SMILES string of the molecule is Cc1ccc(OP(F)Oc2ccc(C)cc2)cc1. The maximum atomic E-state index is 13.6. The molecule has 2 rings (SSSR count). The molecular weight excluding hydrogens is 250 g/mol. The molecule has 0 radical (unpaired) electrons. The molecule has 0 unspecified atom stereocenters. The number of benzene rings is 2. The Balaban J connectivity index is 1.94. The van der Waals surface area contributed by atoms with E-state index in [-0.39, 0.29) is 0 Å². The van der Waals surface area contributed by atoms with Crippen LogP contribution < -0.4 is 9.05 Å². The van der Waals surface area contributed by atoms with Gasteiger partial charge in [0.05, 0.1) is 0 Å². The number of aryl methyl sites for hydroxylation is 2. The fraction of sp³-hybridized carbons (Fsp3) is 0.143. The molecule has 0 aliphatic heterocycles. The first-order valence-electron chi connectivity index (χ1n) is 5.59. The van der Waals surface area contributed by atoms with Crippen LogP contribution in [0.2, 0.25) is 0 Å². The minimum absolute atomic E-state index is 0.473. The molecule has 0 aliphatic rings. The lowest BCUT2D eigenvalue weighted by molar-refractivity contribution is 0.439. The standard InChI is InChI=1S/C14H14FO2P/c1-11-3-7-13(8-4-11)16-18(15)17-14-9-5-12(2)6-10-14/h3-10H,1-2H3. The quantitative estimate of drug-likeness (QED) is 0.727. The van der Waals surface area contributed by atoms with Crippen LogP contribution in [0.25, 0.3) is 0 Å². The summed E-state index contributed by atoms with van der Waals surface area (Å²) < 4.78 is 23.8. The van der Waals surface area contributed by atoms with Crippen molar-refractivity contribution >= 4 is 8.69 Å². The van der Waals surface area contributed by atoms with Crippen molar-refractivity contribution in [1.82, 2.24) is 0 Å². The van der Waals surface area contributed by atoms with Gasteiger partial charge in [0.15, 0.2) is 0 Å². The lowest BCUT2D eigenvalue weighted by atomic mass is 10.2. The average molecular weight is 264 g/mol. The van der Waals surface area contributed by atoms with Gasteiger partial charge in [0, 0.05) is 0 Å². The molecule has 0 fully saturated rings. The zero-order valence-corrected chi connectivity index (χ0v) is 11.2. The molecule has 0 heterocycles. The molecule has 0 aromatic heterocycles. The predicted molar refractivity (Wildman–Crippen MR) is 71.6 cm³/mol. The zero-order chi connectivity index (χ0) is 13.0. The highest BCUT2D eigenvalue weighted by molar-refractivity contribution is 7.42. The number of rotatable bonds is 4. The highest BCUT2D eigenvalue weighted by Gasteiger charge is 2.13. The van der Waals surface area contributed by atoms with Gasteiger partial charge in [-0.3, -0.25) is 0 Å². The van der Waals surface area contributed by atoms with Crippen molar-refractivity contribution in [2.45, 2.75) is 13.8 Å². The largest absolute Gasteiger partial charge is 0.505 e. The van der Waals surface area contributed by atoms with E-state index < -0.39 is 8.69 Å². The summed E-state index contributed by atoms with van der Waals surface area (Å²) >= 11 is 0. The Morgan fingerprint density at radius 2 is 1.06 bits per heavy atom. The summed E-state index contributed by atoms with van der Waals surface area (Å²) in [7, 11) is -2.45. The minimum atomic E-state index is -2.45. The summed E-state index contributed by atoms with van der Waals surface area (Å²) in [6.45, 7) is 3.93. The maximum absolute atomic E-state index is 13.6. The van der Waals surface area contributed by atoms with E-state index in [1.807, 2.05) is 38.1 Å². The Kier molecular flexibility index (Phi) is 4.16. The van der Waals surface area contributed by atoms with Crippen molar-refractivity contribution in [3.05, 3.63) is 59.7 Å². The van der Waals surface area contributed by atoms with Gasteiger partial charge in [-0.25, -0.2) is 0 Å². The first-order chi connectivity index (χ1) is 8.63. The van der Waals surface area contributed by atoms with E-state index in [0.717, 1.165) is 11.1 Å². The van der Waals surface area contributed by atoms with Crippen LogP contribution in [-0.4, -0.2) is 0 Å². The van der Waals surface area contributed by atoms with E-state index in [0.29, 0.717) is 11.5 Å². The second kappa shape index (κ2) is 5.83. The van der Waals surface area contributed by atoms with Gasteiger partial charge in [-0.05, 0) is 38.1 Å². The zero-order valence-electron chi connectivity index (χ0n) is 10.3. The molecule has 18 heavy (non-hydrogen) atoms. The number of halogens is 1. The molecule has 0 aliphatic carbocycles. The first kappa shape index (κ1) is 12.8. The molecule has 94 valence electrons. The Morgan fingerprint density at radius 1 is 0.722 bits per heavy atom. The fourth-order valence-corrected chi connectivity index (χ4v) is 1.99. The second-order valence-corrected chi connectivity index (χ2v) is 4.81. The van der Waals surface area contributed by atoms with Crippen LogP contribution in [-0.2, 0) is 0 Å². The number of hydrogen-bond acceptors (Lipinski definition) is 2. The Labute approximate surface area is 107 Å². The third kappa shape index (κ3) is 3.71. The van der Waals surface area contributed by atoms with Crippen LogP contribution >= 0.6 is 8.69 Å². The molecule has 0 saturated heterocycles. The van der Waals surface area contributed by atoms with Crippen LogP contribution in [0.1, 0.15) is 11.1 Å². The first-order valence-corrected chi connectivity index (χ1v) is 6.65. The van der Waals surface area contributed by atoms with Crippen LogP contribution in [0.4, 0.5) is 4.20 Å². The van der Waals surface area contributed by atoms with Gasteiger partial charge in [0.25, 0.3) is 0 Å². The predicted octanol–water partition coefficient (Wildman–Crippen LogP) is 4.96. The lowest BCUT2D eigenvalue weighted by Crippen LogP contribution is -1.91. The third-order valence-electron chi connectivity index (χ3n) is 2.40. The molecule has 2 nitrogen and oxygen atoms in total. The van der Waals surface area contributed by atoms with E-state index in [1.165, 1.54) is 0 Å². The summed E-state index contributed by atoms with van der Waals surface area (Å²) in [4.78, 5) is 0. The van der Waals surface area contributed by atoms with Gasteiger partial charge in [-0.15, -0.1) is 4.20 Å². The molecule has 2 aromatic carbocycles. The summed E-state index contributed by atoms with van der Waals surface area (Å²) in [6, 6.07) is 14.4. The molecule has 2 aromatic rings. The van der Waals surface area contributed by atoms with Gasteiger partial charge in [-0.2, -0.15) is 0 Å². The molecule has 0 N–H and O–H groups in total. The topological polar surface area (TPSA) is 18.5 Å². The van der Waals surface area contributed by atoms with E-state index >= 15 is 0 Å². The van der Waals surface area contributed by atoms with E-state index in [4.69, 9.17) is 9.05 Å². The molecule has 0 atom stereocenters. The molecular formula is C14H14FO2P. The summed E-state index contributed by atoms with van der Waals surface area (Å²) in [6.07, 6.45) is 0. The molecule has 0 spiro atoms. The number of hydrogen-bond donors (Lipinski definition) is 0. The van der Waals surface area contributed by atoms with Crippen molar-refractivity contribution in [3.63, 3.8) is 0 Å². The van der Waals surface area contributed by atoms with Crippen molar-refractivity contribution in [3.8, 4) is 11.5 Å². The van der Waals surface area contributed by atoms with E-state index in [9.17, 15) is 4.20 Å². The van der Waals surface area contributed by atoms with Gasteiger partial charge >= 0.3 is 8.69 Å². The van der Waals surface area contributed by atoms with Gasteiger partial charge < -0.3 is 9.05 Å². The highest BCUT2D eigenvalue weighted by Crippen LogP contribution is 2.41. The van der Waals surface area contributed by atoms with E-state index in [1.54, 1.807) is 24.3 Å². The van der Waals surface area contributed by atoms with Crippen LogP contribution in [0.3, 0.4) is 0 Å². The maximum Gasteiger partial charge on any atom is 0.505 e. The van der Waals surface area contributed by atoms with Crippen LogP contribution in [0.15, 0.2) is 48.5 Å². The normalized spacial score (nSPS) is 10.4. The lowest BCUT2D eigenvalue weighted by Gasteiger charge is -2.10. The molecule has 4 heteroatoms. The summed E-state index contributed by atoms with van der Waals surface area (Å²) in [5.74, 6) is 0.947. The van der Waals surface area contributed by atoms with Crippen molar-refractivity contribution in [2.75, 3.05) is 0 Å². The third-order valence-corrected chi connectivity index (χ3v) is 3.11. The fourth-order valence-electron chi connectivity index (χ4n) is 1.38. The van der Waals surface area contributed by atoms with Crippen molar-refractivity contribution < 1.29 is 13.2 Å². The molecule has 0 amide bonds. The smallest absolute Gasteiger partial charge is 0.415 e. The monoisotopic (exact) mass is 264 g/mol. The summed E-state index contributed by atoms with van der Waals surface area (Å²) in [5, 5.41) is 0. The van der Waals surface area contributed by atoms with Gasteiger partial charge in [-0.1, -0.05) is 35.4 Å². The Hall–Kier alpha value is -1.60. The van der Waals surface area contributed by atoms with E-state index in [2.05, 4.69) is 0 Å². The van der Waals surface area contributed by atoms with Crippen LogP contribution in [0, 0.1) is 13.8 Å². The second-order valence-electron chi connectivity index (χ2n) is 4.02. The molecule has 0 saturated carbocycles. The minimum Gasteiger partial charge on any atom is -0.415 e. The molecule has 0 bridgehead atoms. The van der Waals surface area contributed by atoms with Crippen LogP contribution in [0.5, 0.6) is 11.5 Å². The van der Waals surface area contributed by atoms with Crippen molar-refractivity contribution in [2.24, 2.45) is 0 Å². The highest BCUT2D eigenvalue weighted by atomic mass is 31.2. The van der Waals surface area contributed by atoms with Gasteiger partial charge in [0.2, 0.25) is 0 Å².